The van der Waals surface area contributed by atoms with Gasteiger partial charge in [0.2, 0.25) is 0 Å². The monoisotopic (exact) mass is 116 g/mol. The molecule has 0 aromatic rings. The molecule has 0 atom stereocenters. The summed E-state index contributed by atoms with van der Waals surface area (Å²) in [6, 6.07) is 0. The van der Waals surface area contributed by atoms with Crippen molar-refractivity contribution in [2.75, 3.05) is 6.61 Å². The largest absolute Gasteiger partial charge is 1.00 e. The van der Waals surface area contributed by atoms with E-state index in [2.05, 4.69) is 4.89 Å². The van der Waals surface area contributed by atoms with Gasteiger partial charge in [-0.05, 0) is 0 Å². The molecule has 5 heteroatoms. The van der Waals surface area contributed by atoms with Gasteiger partial charge in [0.25, 0.3) is 0 Å². The van der Waals surface area contributed by atoms with Crippen LogP contribution in [-0.4, -0.2) is 22.9 Å². The number of aliphatic hydroxyl groups excluding tert-OH is 1. The van der Waals surface area contributed by atoms with Gasteiger partial charge in [-0.1, -0.05) is 0 Å². The third kappa shape index (κ3) is 6.39. The Labute approximate surface area is 63.8 Å². The second-order valence-electron chi connectivity index (χ2n) is 0.621. The summed E-state index contributed by atoms with van der Waals surface area (Å²) < 4.78 is 0. The molecule has 0 spiro atoms. The van der Waals surface area contributed by atoms with Crippen molar-refractivity contribution in [1.82, 2.24) is 0 Å². The van der Waals surface area contributed by atoms with Gasteiger partial charge < -0.3 is 6.53 Å². The van der Waals surface area contributed by atoms with Crippen LogP contribution >= 0.6 is 0 Å². The maximum absolute atomic E-state index is 9.46. The molecule has 0 aromatic heterocycles. The first kappa shape index (κ1) is 10.4. The van der Waals surface area contributed by atoms with E-state index in [1.807, 2.05) is 0 Å². The number of rotatable bonds is 1. The van der Waals surface area contributed by atoms with E-state index < -0.39 is 12.6 Å². The summed E-state index contributed by atoms with van der Waals surface area (Å²) in [4.78, 5) is 12.5. The molecule has 2 N–H and O–H groups in total. The van der Waals surface area contributed by atoms with Crippen LogP contribution in [0.3, 0.4) is 0 Å². The molecular weight excluding hydrogens is 111 g/mol. The Balaban J connectivity index is -0.000000125. The Hall–Kier alpha value is 0.390. The van der Waals surface area contributed by atoms with Crippen LogP contribution in [0.25, 0.3) is 0 Å². The van der Waals surface area contributed by atoms with Crippen LogP contribution in [0.5, 0.6) is 0 Å². The van der Waals surface area contributed by atoms with E-state index in [0.717, 1.165) is 0 Å². The van der Waals surface area contributed by atoms with Gasteiger partial charge in [0.15, 0.2) is 0 Å². The molecule has 38 valence electrons. The van der Waals surface area contributed by atoms with Crippen molar-refractivity contribution >= 4 is 5.97 Å². The SMILES string of the molecule is O=C(CO)OO.[H-].[Na+]. The molecule has 0 unspecified atom stereocenters. The average Bonchev–Trinajstić information content (AvgIpc) is 1.65. The van der Waals surface area contributed by atoms with Gasteiger partial charge in [-0.3, -0.25) is 4.89 Å². The van der Waals surface area contributed by atoms with Crippen molar-refractivity contribution in [1.29, 1.82) is 0 Å². The quantitative estimate of drug-likeness (QED) is 0.209. The minimum Gasteiger partial charge on any atom is -1.00 e. The molecule has 0 rings (SSSR count). The molecule has 0 saturated heterocycles. The second-order valence-corrected chi connectivity index (χ2v) is 0.621. The van der Waals surface area contributed by atoms with Crippen LogP contribution in [0.1, 0.15) is 1.43 Å². The molecule has 4 nitrogen and oxygen atoms in total. The molecular formula is C2H5NaO4. The molecule has 0 amide bonds. The minimum atomic E-state index is -1.05. The Morgan fingerprint density at radius 1 is 1.86 bits per heavy atom. The second kappa shape index (κ2) is 6.39. The van der Waals surface area contributed by atoms with E-state index in [4.69, 9.17) is 10.4 Å². The summed E-state index contributed by atoms with van der Waals surface area (Å²) in [7, 11) is 0. The minimum absolute atomic E-state index is 0. The van der Waals surface area contributed by atoms with E-state index >= 15 is 0 Å². The first-order valence-electron chi connectivity index (χ1n) is 1.26. The van der Waals surface area contributed by atoms with Crippen molar-refractivity contribution in [2.45, 2.75) is 0 Å². The maximum atomic E-state index is 9.46. The number of hydrogen-bond donors (Lipinski definition) is 2. The summed E-state index contributed by atoms with van der Waals surface area (Å²) in [5, 5.41) is 15.0. The third-order valence-corrected chi connectivity index (χ3v) is 0.231. The van der Waals surface area contributed by atoms with Gasteiger partial charge in [-0.2, -0.15) is 5.26 Å². The van der Waals surface area contributed by atoms with Crippen molar-refractivity contribution in [3.8, 4) is 0 Å². The van der Waals surface area contributed by atoms with Crippen LogP contribution in [0.2, 0.25) is 0 Å². The smallest absolute Gasteiger partial charge is 1.00 e. The van der Waals surface area contributed by atoms with Crippen LogP contribution in [0, 0.1) is 0 Å². The van der Waals surface area contributed by atoms with E-state index in [0.29, 0.717) is 0 Å². The molecule has 0 saturated carbocycles. The van der Waals surface area contributed by atoms with Gasteiger partial charge in [-0.25, -0.2) is 4.79 Å². The summed E-state index contributed by atoms with van der Waals surface area (Å²) in [6.45, 7) is -0.781. The van der Waals surface area contributed by atoms with E-state index in [1.165, 1.54) is 0 Å². The molecule has 0 aromatic carbocycles. The van der Waals surface area contributed by atoms with Gasteiger partial charge >= 0.3 is 35.5 Å². The fourth-order valence-electron chi connectivity index (χ4n) is 0.0289. The maximum Gasteiger partial charge on any atom is 1.00 e. The van der Waals surface area contributed by atoms with E-state index in [9.17, 15) is 4.79 Å². The molecule has 7 heavy (non-hydrogen) atoms. The third-order valence-electron chi connectivity index (χ3n) is 0.231. The first-order chi connectivity index (χ1) is 2.81. The molecule has 0 aliphatic carbocycles. The molecule has 0 bridgehead atoms. The number of carbonyl (C=O) groups is 1. The van der Waals surface area contributed by atoms with Crippen LogP contribution < -0.4 is 29.6 Å². The van der Waals surface area contributed by atoms with Gasteiger partial charge in [0.05, 0.1) is 0 Å². The number of aliphatic hydroxyl groups is 1. The summed E-state index contributed by atoms with van der Waals surface area (Å²) in [6.07, 6.45) is 0. The van der Waals surface area contributed by atoms with Crippen molar-refractivity contribution in [2.24, 2.45) is 0 Å². The zero-order valence-electron chi connectivity index (χ0n) is 4.92. The Kier molecular flexibility index (Phi) is 9.48. The number of carbonyl (C=O) groups excluding carboxylic acids is 1. The van der Waals surface area contributed by atoms with Crippen molar-refractivity contribution in [3.05, 3.63) is 0 Å². The summed E-state index contributed by atoms with van der Waals surface area (Å²) >= 11 is 0. The molecule has 0 aliphatic rings. The zero-order chi connectivity index (χ0) is 4.99. The topological polar surface area (TPSA) is 66.8 Å². The first-order valence-corrected chi connectivity index (χ1v) is 1.26. The Bertz CT molecular complexity index is 52.0. The zero-order valence-corrected chi connectivity index (χ0v) is 5.92. The van der Waals surface area contributed by atoms with Crippen LogP contribution in [0.4, 0.5) is 0 Å². The molecule has 0 fully saturated rings. The van der Waals surface area contributed by atoms with Crippen molar-refractivity contribution < 1.29 is 51.0 Å². The molecule has 0 radical (unpaired) electrons. The summed E-state index contributed by atoms with van der Waals surface area (Å²) in [5.74, 6) is -1.05. The normalized spacial score (nSPS) is 6.57. The summed E-state index contributed by atoms with van der Waals surface area (Å²) in [5.41, 5.74) is 0. The fraction of sp³-hybridized carbons (Fsp3) is 0.500. The fourth-order valence-corrected chi connectivity index (χ4v) is 0.0289. The Morgan fingerprint density at radius 3 is 2.29 bits per heavy atom. The Morgan fingerprint density at radius 2 is 2.29 bits per heavy atom. The van der Waals surface area contributed by atoms with Gasteiger partial charge in [0, 0.05) is 0 Å². The van der Waals surface area contributed by atoms with Crippen molar-refractivity contribution in [3.63, 3.8) is 0 Å². The van der Waals surface area contributed by atoms with E-state index in [-0.39, 0.29) is 31.0 Å². The molecule has 0 aliphatic heterocycles. The average molecular weight is 116 g/mol. The predicted octanol–water partition coefficient (Wildman–Crippen LogP) is -3.89. The van der Waals surface area contributed by atoms with E-state index in [1.54, 1.807) is 0 Å². The van der Waals surface area contributed by atoms with Crippen LogP contribution in [-0.2, 0) is 9.68 Å². The number of hydrogen-bond acceptors (Lipinski definition) is 4. The van der Waals surface area contributed by atoms with Crippen LogP contribution in [0.15, 0.2) is 0 Å². The van der Waals surface area contributed by atoms with Gasteiger partial charge in [0.1, 0.15) is 6.61 Å². The van der Waals surface area contributed by atoms with Gasteiger partial charge in [-0.15, -0.1) is 0 Å². The molecule has 0 heterocycles. The predicted molar refractivity (Wildman–Crippen MR) is 16.9 cm³/mol. The standard InChI is InChI=1S/C2H4O4.Na.H/c3-1-2(4)6-5;;/h3,5H,1H2;;/q;+1;-1.